The molecular weight excluding hydrogens is 406 g/mol. The molecule has 0 spiro atoms. The van der Waals surface area contributed by atoms with E-state index in [2.05, 4.69) is 40.7 Å². The van der Waals surface area contributed by atoms with Gasteiger partial charge in [0.1, 0.15) is 11.4 Å². The molecule has 1 fully saturated rings. The van der Waals surface area contributed by atoms with Crippen molar-refractivity contribution < 1.29 is 14.3 Å². The molecule has 1 aliphatic heterocycles. The molecule has 8 heteroatoms. The lowest BCUT2D eigenvalue weighted by atomic mass is 10.1. The zero-order valence-corrected chi connectivity index (χ0v) is 20.7. The molecule has 2 rings (SSSR count). The second-order valence-electron chi connectivity index (χ2n) is 9.37. The molecule has 1 aromatic carbocycles. The first kappa shape index (κ1) is 25.9. The van der Waals surface area contributed by atoms with E-state index < -0.39 is 0 Å². The molecule has 0 saturated carbocycles. The molecule has 0 bridgehead atoms. The quantitative estimate of drug-likeness (QED) is 0.343. The second-order valence-corrected chi connectivity index (χ2v) is 9.37. The maximum absolute atomic E-state index is 12.0. The molecule has 8 nitrogen and oxygen atoms in total. The molecule has 0 atom stereocenters. The van der Waals surface area contributed by atoms with E-state index in [9.17, 15) is 4.79 Å². The van der Waals surface area contributed by atoms with Gasteiger partial charge in [0.15, 0.2) is 5.96 Å². The Hall–Kier alpha value is -2.32. The summed E-state index contributed by atoms with van der Waals surface area (Å²) in [5.74, 6) is 1.47. The van der Waals surface area contributed by atoms with E-state index in [0.29, 0.717) is 12.5 Å². The Morgan fingerprint density at radius 1 is 1.22 bits per heavy atom. The lowest BCUT2D eigenvalue weighted by molar-refractivity contribution is -0.127. The molecule has 180 valence electrons. The first-order valence-corrected chi connectivity index (χ1v) is 11.4. The Kier molecular flexibility index (Phi) is 10.3. The van der Waals surface area contributed by atoms with Gasteiger partial charge in [0.25, 0.3) is 0 Å². The van der Waals surface area contributed by atoms with Crippen LogP contribution in [0.15, 0.2) is 23.2 Å². The number of hydrogen-bond acceptors (Lipinski definition) is 5. The standard InChI is InChI=1S/C24H41N5O3/c1-19-8-9-20(21(16-19)32-24(2,3)4)17-26-23(27-18-22(30)28(5)6)25-10-7-11-29-12-14-31-15-13-29/h8-9,16H,7,10-15,17-18H2,1-6H3,(H2,25,26,27). The Morgan fingerprint density at radius 3 is 2.59 bits per heavy atom. The van der Waals surface area contributed by atoms with E-state index in [0.717, 1.165) is 62.7 Å². The number of likely N-dealkylation sites (N-methyl/N-ethyl adjacent to an activating group) is 1. The summed E-state index contributed by atoms with van der Waals surface area (Å²) in [5.41, 5.74) is 1.87. The van der Waals surface area contributed by atoms with Crippen LogP contribution in [0.25, 0.3) is 0 Å². The van der Waals surface area contributed by atoms with E-state index >= 15 is 0 Å². The maximum Gasteiger partial charge on any atom is 0.241 e. The van der Waals surface area contributed by atoms with Crippen LogP contribution in [0.1, 0.15) is 38.3 Å². The molecular formula is C24H41N5O3. The van der Waals surface area contributed by atoms with Crippen molar-refractivity contribution in [1.29, 1.82) is 0 Å². The Labute approximate surface area is 193 Å². The summed E-state index contributed by atoms with van der Waals surface area (Å²) in [6.07, 6.45) is 0.991. The van der Waals surface area contributed by atoms with Crippen molar-refractivity contribution in [3.63, 3.8) is 0 Å². The van der Waals surface area contributed by atoms with Gasteiger partial charge in [-0.1, -0.05) is 12.1 Å². The van der Waals surface area contributed by atoms with Crippen molar-refractivity contribution in [3.05, 3.63) is 29.3 Å². The van der Waals surface area contributed by atoms with E-state index in [1.54, 1.807) is 19.0 Å². The van der Waals surface area contributed by atoms with Gasteiger partial charge in [-0.15, -0.1) is 0 Å². The molecule has 1 aromatic rings. The number of morpholine rings is 1. The van der Waals surface area contributed by atoms with E-state index in [-0.39, 0.29) is 18.1 Å². The summed E-state index contributed by atoms with van der Waals surface area (Å²) in [6.45, 7) is 14.2. The third-order valence-electron chi connectivity index (χ3n) is 5.00. The zero-order chi connectivity index (χ0) is 23.6. The average Bonchev–Trinajstić information content (AvgIpc) is 2.72. The topological polar surface area (TPSA) is 78.4 Å². The van der Waals surface area contributed by atoms with Gasteiger partial charge in [-0.3, -0.25) is 9.69 Å². The van der Waals surface area contributed by atoms with Crippen LogP contribution in [0.2, 0.25) is 0 Å². The Balaban J connectivity index is 2.01. The molecule has 32 heavy (non-hydrogen) atoms. The number of hydrogen-bond donors (Lipinski definition) is 2. The SMILES string of the molecule is Cc1ccc(CN=C(NCCCN2CCOCC2)NCC(=O)N(C)C)c(OC(C)(C)C)c1. The van der Waals surface area contributed by atoms with Gasteiger partial charge in [-0.25, -0.2) is 4.99 Å². The van der Waals surface area contributed by atoms with Crippen LogP contribution in [-0.4, -0.2) is 87.3 Å². The number of carbonyl (C=O) groups excluding carboxylic acids is 1. The van der Waals surface area contributed by atoms with Crippen molar-refractivity contribution in [1.82, 2.24) is 20.4 Å². The molecule has 0 aromatic heterocycles. The van der Waals surface area contributed by atoms with E-state index in [1.165, 1.54) is 0 Å². The number of guanidine groups is 1. The third-order valence-corrected chi connectivity index (χ3v) is 5.00. The van der Waals surface area contributed by atoms with Gasteiger partial charge in [-0.2, -0.15) is 0 Å². The summed E-state index contributed by atoms with van der Waals surface area (Å²) in [6, 6.07) is 6.17. The number of amides is 1. The summed E-state index contributed by atoms with van der Waals surface area (Å²) >= 11 is 0. The predicted octanol–water partition coefficient (Wildman–Crippen LogP) is 2.02. The first-order valence-electron chi connectivity index (χ1n) is 11.4. The molecule has 1 saturated heterocycles. The number of rotatable bonds is 9. The van der Waals surface area contributed by atoms with Crippen LogP contribution in [0.5, 0.6) is 5.75 Å². The lowest BCUT2D eigenvalue weighted by Crippen LogP contribution is -2.44. The molecule has 2 N–H and O–H groups in total. The van der Waals surface area contributed by atoms with Crippen LogP contribution in [-0.2, 0) is 16.1 Å². The fraction of sp³-hybridized carbons (Fsp3) is 0.667. The lowest BCUT2D eigenvalue weighted by Gasteiger charge is -2.26. The van der Waals surface area contributed by atoms with Crippen LogP contribution in [0.4, 0.5) is 0 Å². The van der Waals surface area contributed by atoms with Gasteiger partial charge in [0, 0.05) is 39.3 Å². The van der Waals surface area contributed by atoms with Crippen molar-refractivity contribution in [3.8, 4) is 5.75 Å². The molecule has 1 amide bonds. The molecule has 0 aliphatic carbocycles. The van der Waals surface area contributed by atoms with Gasteiger partial charge in [-0.05, 0) is 52.3 Å². The monoisotopic (exact) mass is 447 g/mol. The number of benzene rings is 1. The van der Waals surface area contributed by atoms with Gasteiger partial charge >= 0.3 is 0 Å². The van der Waals surface area contributed by atoms with Crippen molar-refractivity contribution in [2.45, 2.75) is 46.3 Å². The van der Waals surface area contributed by atoms with Gasteiger partial charge < -0.3 is 25.0 Å². The number of nitrogens with one attached hydrogen (secondary N) is 2. The minimum absolute atomic E-state index is 0.0000856. The zero-order valence-electron chi connectivity index (χ0n) is 20.7. The third kappa shape index (κ3) is 9.87. The largest absolute Gasteiger partial charge is 0.488 e. The fourth-order valence-electron chi connectivity index (χ4n) is 3.21. The number of carbonyl (C=O) groups is 1. The van der Waals surface area contributed by atoms with E-state index in [4.69, 9.17) is 14.5 Å². The molecule has 0 radical (unpaired) electrons. The maximum atomic E-state index is 12.0. The highest BCUT2D eigenvalue weighted by molar-refractivity contribution is 5.86. The van der Waals surface area contributed by atoms with Gasteiger partial charge in [0.05, 0.1) is 26.3 Å². The van der Waals surface area contributed by atoms with Crippen LogP contribution in [0.3, 0.4) is 0 Å². The summed E-state index contributed by atoms with van der Waals surface area (Å²) in [4.78, 5) is 20.8. The van der Waals surface area contributed by atoms with E-state index in [1.807, 2.05) is 20.8 Å². The molecule has 1 aliphatic rings. The highest BCUT2D eigenvalue weighted by Gasteiger charge is 2.15. The van der Waals surface area contributed by atoms with Crippen LogP contribution < -0.4 is 15.4 Å². The number of ether oxygens (including phenoxy) is 2. The highest BCUT2D eigenvalue weighted by atomic mass is 16.5. The smallest absolute Gasteiger partial charge is 0.241 e. The minimum Gasteiger partial charge on any atom is -0.488 e. The van der Waals surface area contributed by atoms with Crippen LogP contribution in [0, 0.1) is 6.92 Å². The van der Waals surface area contributed by atoms with Crippen molar-refractivity contribution in [2.24, 2.45) is 4.99 Å². The average molecular weight is 448 g/mol. The number of aliphatic imine (C=N–C) groups is 1. The predicted molar refractivity (Wildman–Crippen MR) is 129 cm³/mol. The summed E-state index contributed by atoms with van der Waals surface area (Å²) < 4.78 is 11.6. The Morgan fingerprint density at radius 2 is 1.94 bits per heavy atom. The normalized spacial score (nSPS) is 15.4. The first-order chi connectivity index (χ1) is 15.1. The molecule has 1 heterocycles. The van der Waals surface area contributed by atoms with Gasteiger partial charge in [0.2, 0.25) is 5.91 Å². The second kappa shape index (κ2) is 12.6. The summed E-state index contributed by atoms with van der Waals surface area (Å²) in [5, 5.41) is 6.53. The summed E-state index contributed by atoms with van der Waals surface area (Å²) in [7, 11) is 3.50. The van der Waals surface area contributed by atoms with Crippen molar-refractivity contribution in [2.75, 3.05) is 60.0 Å². The number of nitrogens with zero attached hydrogens (tertiary/aromatic N) is 3. The highest BCUT2D eigenvalue weighted by Crippen LogP contribution is 2.25. The van der Waals surface area contributed by atoms with Crippen LogP contribution >= 0.6 is 0 Å². The number of aryl methyl sites for hydroxylation is 1. The minimum atomic E-state index is -0.288. The van der Waals surface area contributed by atoms with Crippen molar-refractivity contribution >= 4 is 11.9 Å². The fourth-order valence-corrected chi connectivity index (χ4v) is 3.21. The molecule has 0 unspecified atom stereocenters. The Bertz CT molecular complexity index is 752.